The number of amides is 2. The molecule has 0 heterocycles. The van der Waals surface area contributed by atoms with Gasteiger partial charge in [0.1, 0.15) is 11.8 Å². The first-order valence-electron chi connectivity index (χ1n) is 12.2. The van der Waals surface area contributed by atoms with Crippen LogP contribution in [-0.2, 0) is 21.9 Å². The fourth-order valence-corrected chi connectivity index (χ4v) is 6.03. The van der Waals surface area contributed by atoms with Crippen molar-refractivity contribution in [2.75, 3.05) is 12.9 Å². The zero-order valence-electron chi connectivity index (χ0n) is 20.4. The molecule has 0 radical (unpaired) electrons. The van der Waals surface area contributed by atoms with Gasteiger partial charge in [-0.05, 0) is 54.7 Å². The highest BCUT2D eigenvalue weighted by atomic mass is 35.5. The number of thioether (sulfide) groups is 1. The summed E-state index contributed by atoms with van der Waals surface area (Å²) < 4.78 is 5.26. The summed E-state index contributed by atoms with van der Waals surface area (Å²) >= 11 is 14.0. The number of methoxy groups -OCH3 is 1. The average molecular weight is 538 g/mol. The van der Waals surface area contributed by atoms with Gasteiger partial charge in [0, 0.05) is 28.4 Å². The lowest BCUT2D eigenvalue weighted by atomic mass is 9.95. The third-order valence-corrected chi connectivity index (χ3v) is 8.04. The van der Waals surface area contributed by atoms with E-state index in [1.165, 1.54) is 18.2 Å². The molecular formula is C27H34Cl2N2O3S. The minimum absolute atomic E-state index is 0.0691. The van der Waals surface area contributed by atoms with Crippen molar-refractivity contribution in [3.8, 4) is 5.75 Å². The van der Waals surface area contributed by atoms with Gasteiger partial charge in [-0.15, -0.1) is 11.8 Å². The molecular weight excluding hydrogens is 503 g/mol. The zero-order chi connectivity index (χ0) is 25.2. The number of nitrogens with one attached hydrogen (secondary N) is 1. The van der Waals surface area contributed by atoms with Crippen LogP contribution in [-0.4, -0.2) is 41.7 Å². The predicted octanol–water partition coefficient (Wildman–Crippen LogP) is 6.49. The summed E-state index contributed by atoms with van der Waals surface area (Å²) in [5.74, 6) is 1.34. The molecule has 1 unspecified atom stereocenters. The molecule has 2 amide bonds. The third kappa shape index (κ3) is 8.06. The SMILES string of the molecule is CCC(C(=O)NC1CCCCC1)N(Cc1ccc(OC)cc1)C(=O)CSCc1c(Cl)cccc1Cl. The fourth-order valence-electron chi connectivity index (χ4n) is 4.38. The minimum atomic E-state index is -0.531. The van der Waals surface area contributed by atoms with Crippen LogP contribution < -0.4 is 10.1 Å². The van der Waals surface area contributed by atoms with Gasteiger partial charge in [0.05, 0.1) is 12.9 Å². The molecule has 0 bridgehead atoms. The van der Waals surface area contributed by atoms with Gasteiger partial charge in [-0.2, -0.15) is 0 Å². The van der Waals surface area contributed by atoms with Crippen molar-refractivity contribution in [3.05, 3.63) is 63.6 Å². The van der Waals surface area contributed by atoms with Gasteiger partial charge in [-0.25, -0.2) is 0 Å². The maximum atomic E-state index is 13.5. The van der Waals surface area contributed by atoms with Crippen molar-refractivity contribution in [1.82, 2.24) is 10.2 Å². The van der Waals surface area contributed by atoms with Crippen molar-refractivity contribution >= 4 is 46.8 Å². The van der Waals surface area contributed by atoms with E-state index < -0.39 is 6.04 Å². The lowest BCUT2D eigenvalue weighted by Gasteiger charge is -2.32. The number of halogens is 2. The summed E-state index contributed by atoms with van der Waals surface area (Å²) in [7, 11) is 1.62. The lowest BCUT2D eigenvalue weighted by Crippen LogP contribution is -2.52. The van der Waals surface area contributed by atoms with Gasteiger partial charge in [-0.1, -0.05) is 67.6 Å². The summed E-state index contributed by atoms with van der Waals surface area (Å²) in [6.07, 6.45) is 6.04. The second-order valence-corrected chi connectivity index (χ2v) is 10.6. The normalized spacial score (nSPS) is 14.9. The highest BCUT2D eigenvalue weighted by molar-refractivity contribution is 7.99. The molecule has 1 saturated carbocycles. The van der Waals surface area contributed by atoms with Crippen LogP contribution in [0.4, 0.5) is 0 Å². The second-order valence-electron chi connectivity index (χ2n) is 8.83. The van der Waals surface area contributed by atoms with Crippen LogP contribution in [0.15, 0.2) is 42.5 Å². The number of hydrogen-bond donors (Lipinski definition) is 1. The Morgan fingerprint density at radius 2 is 1.74 bits per heavy atom. The number of rotatable bonds is 11. The van der Waals surface area contributed by atoms with Crippen molar-refractivity contribution < 1.29 is 14.3 Å². The summed E-state index contributed by atoms with van der Waals surface area (Å²) in [4.78, 5) is 28.5. The quantitative estimate of drug-likeness (QED) is 0.356. The Hall–Kier alpha value is -1.89. The topological polar surface area (TPSA) is 58.6 Å². The Bertz CT molecular complexity index is 961. The van der Waals surface area contributed by atoms with Crippen molar-refractivity contribution in [2.45, 2.75) is 69.8 Å². The Kier molecular flexibility index (Phi) is 11.1. The fraction of sp³-hybridized carbons (Fsp3) is 0.481. The Morgan fingerprint density at radius 1 is 1.09 bits per heavy atom. The Labute approximate surface area is 222 Å². The van der Waals surface area contributed by atoms with E-state index in [-0.39, 0.29) is 23.6 Å². The molecule has 1 fully saturated rings. The van der Waals surface area contributed by atoms with E-state index in [2.05, 4.69) is 5.32 Å². The molecule has 190 valence electrons. The number of ether oxygens (including phenoxy) is 1. The summed E-state index contributed by atoms with van der Waals surface area (Å²) in [6.45, 7) is 2.31. The van der Waals surface area contributed by atoms with Crippen LogP contribution in [0, 0.1) is 0 Å². The molecule has 2 aromatic rings. The molecule has 8 heteroatoms. The molecule has 35 heavy (non-hydrogen) atoms. The number of carbonyl (C=O) groups excluding carboxylic acids is 2. The second kappa shape index (κ2) is 14.0. The number of benzene rings is 2. The maximum Gasteiger partial charge on any atom is 0.243 e. The molecule has 0 aliphatic heterocycles. The van der Waals surface area contributed by atoms with Gasteiger partial charge in [0.25, 0.3) is 0 Å². The third-order valence-electron chi connectivity index (χ3n) is 6.38. The number of hydrogen-bond acceptors (Lipinski definition) is 4. The molecule has 0 saturated heterocycles. The predicted molar refractivity (Wildman–Crippen MR) is 145 cm³/mol. The molecule has 1 aliphatic rings. The van der Waals surface area contributed by atoms with Crippen LogP contribution in [0.3, 0.4) is 0 Å². The smallest absolute Gasteiger partial charge is 0.243 e. The molecule has 1 N–H and O–H groups in total. The van der Waals surface area contributed by atoms with Gasteiger partial charge in [0.2, 0.25) is 11.8 Å². The molecule has 2 aromatic carbocycles. The van der Waals surface area contributed by atoms with Crippen LogP contribution >= 0.6 is 35.0 Å². The van der Waals surface area contributed by atoms with Gasteiger partial charge in [0.15, 0.2) is 0 Å². The standard InChI is InChI=1S/C27H34Cl2N2O3S/c1-3-25(27(33)30-20-8-5-4-6-9-20)31(16-19-12-14-21(34-2)15-13-19)26(32)18-35-17-22-23(28)10-7-11-24(22)29/h7,10-15,20,25H,3-6,8-9,16-18H2,1-2H3,(H,30,33). The van der Waals surface area contributed by atoms with E-state index in [1.807, 2.05) is 31.2 Å². The molecule has 0 aromatic heterocycles. The van der Waals surface area contributed by atoms with Crippen molar-refractivity contribution in [3.63, 3.8) is 0 Å². The van der Waals surface area contributed by atoms with Crippen LogP contribution in [0.2, 0.25) is 10.0 Å². The molecule has 1 aliphatic carbocycles. The number of carbonyl (C=O) groups is 2. The highest BCUT2D eigenvalue weighted by Crippen LogP contribution is 2.29. The first-order chi connectivity index (χ1) is 16.9. The maximum absolute atomic E-state index is 13.5. The zero-order valence-corrected chi connectivity index (χ0v) is 22.7. The van der Waals surface area contributed by atoms with E-state index >= 15 is 0 Å². The Morgan fingerprint density at radius 3 is 2.34 bits per heavy atom. The molecule has 0 spiro atoms. The highest BCUT2D eigenvalue weighted by Gasteiger charge is 2.30. The largest absolute Gasteiger partial charge is 0.497 e. The number of nitrogens with zero attached hydrogens (tertiary/aromatic N) is 1. The summed E-state index contributed by atoms with van der Waals surface area (Å²) in [6, 6.07) is 12.7. The van der Waals surface area contributed by atoms with E-state index in [4.69, 9.17) is 27.9 Å². The van der Waals surface area contributed by atoms with E-state index in [9.17, 15) is 9.59 Å². The van der Waals surface area contributed by atoms with Crippen molar-refractivity contribution in [2.24, 2.45) is 0 Å². The van der Waals surface area contributed by atoms with E-state index in [0.29, 0.717) is 28.8 Å². The van der Waals surface area contributed by atoms with Crippen LogP contribution in [0.5, 0.6) is 5.75 Å². The van der Waals surface area contributed by atoms with E-state index in [0.717, 1.165) is 42.6 Å². The Balaban J connectivity index is 1.73. The first-order valence-corrected chi connectivity index (χ1v) is 14.1. The summed E-state index contributed by atoms with van der Waals surface area (Å²) in [5, 5.41) is 4.39. The van der Waals surface area contributed by atoms with Crippen molar-refractivity contribution in [1.29, 1.82) is 0 Å². The minimum Gasteiger partial charge on any atom is -0.497 e. The summed E-state index contributed by atoms with van der Waals surface area (Å²) in [5.41, 5.74) is 1.76. The first kappa shape index (κ1) is 27.7. The lowest BCUT2D eigenvalue weighted by molar-refractivity contribution is -0.139. The van der Waals surface area contributed by atoms with Gasteiger partial charge in [-0.3, -0.25) is 9.59 Å². The van der Waals surface area contributed by atoms with Gasteiger partial charge >= 0.3 is 0 Å². The molecule has 3 rings (SSSR count). The van der Waals surface area contributed by atoms with E-state index in [1.54, 1.807) is 30.2 Å². The molecule has 5 nitrogen and oxygen atoms in total. The van der Waals surface area contributed by atoms with Crippen LogP contribution in [0.1, 0.15) is 56.6 Å². The van der Waals surface area contributed by atoms with Crippen LogP contribution in [0.25, 0.3) is 0 Å². The molecule has 1 atom stereocenters. The van der Waals surface area contributed by atoms with Gasteiger partial charge < -0.3 is 15.0 Å². The average Bonchev–Trinajstić information content (AvgIpc) is 2.86. The monoisotopic (exact) mass is 536 g/mol.